The number of aromatic nitrogens is 1. The van der Waals surface area contributed by atoms with Gasteiger partial charge < -0.3 is 20.8 Å². The minimum Gasteiger partial charge on any atom is -0.444 e. The zero-order valence-electron chi connectivity index (χ0n) is 17.0. The van der Waals surface area contributed by atoms with Crippen molar-refractivity contribution in [3.05, 3.63) is 40.9 Å². The molecule has 0 radical (unpaired) electrons. The number of aliphatic imine (C=N–C) groups is 1. The summed E-state index contributed by atoms with van der Waals surface area (Å²) in [5.74, 6) is 0.0312. The number of guanidine groups is 1. The average molecular weight is 416 g/mol. The van der Waals surface area contributed by atoms with E-state index in [0.717, 1.165) is 33.1 Å². The predicted molar refractivity (Wildman–Crippen MR) is 120 cm³/mol. The molecule has 154 valence electrons. The molecule has 0 bridgehead atoms. The van der Waals surface area contributed by atoms with E-state index in [2.05, 4.69) is 32.7 Å². The molecule has 0 aliphatic heterocycles. The maximum atomic E-state index is 11.8. The Balaban J connectivity index is 1.81. The number of alkyl carbamates (subject to hydrolysis) is 1. The molecule has 0 fully saturated rings. The second-order valence-corrected chi connectivity index (χ2v) is 8.20. The summed E-state index contributed by atoms with van der Waals surface area (Å²) in [5, 5.41) is 8.49. The number of hydrogen-bond acceptors (Lipinski definition) is 4. The molecular formula is C21H26ClN5O2. The van der Waals surface area contributed by atoms with Gasteiger partial charge in [0.2, 0.25) is 0 Å². The van der Waals surface area contributed by atoms with Crippen LogP contribution in [0.15, 0.2) is 35.3 Å². The van der Waals surface area contributed by atoms with Crippen molar-refractivity contribution in [1.29, 1.82) is 0 Å². The van der Waals surface area contributed by atoms with Crippen LogP contribution in [0.1, 0.15) is 26.3 Å². The Bertz CT molecular complexity index is 1080. The predicted octanol–water partition coefficient (Wildman–Crippen LogP) is 4.40. The van der Waals surface area contributed by atoms with E-state index in [9.17, 15) is 4.79 Å². The van der Waals surface area contributed by atoms with Crippen molar-refractivity contribution in [1.82, 2.24) is 10.3 Å². The number of aromatic amines is 1. The summed E-state index contributed by atoms with van der Waals surface area (Å²) in [6.07, 6.45) is 0.0225. The number of amides is 1. The van der Waals surface area contributed by atoms with Crippen LogP contribution in [-0.2, 0) is 11.2 Å². The highest BCUT2D eigenvalue weighted by Gasteiger charge is 2.16. The van der Waals surface area contributed by atoms with Gasteiger partial charge in [0.25, 0.3) is 0 Å². The third-order valence-electron chi connectivity index (χ3n) is 4.33. The second kappa shape index (κ2) is 8.21. The minimum atomic E-state index is -0.620. The quantitative estimate of drug-likeness (QED) is 0.374. The van der Waals surface area contributed by atoms with Gasteiger partial charge in [-0.25, -0.2) is 4.79 Å². The number of H-pyrrole nitrogens is 1. The molecule has 0 unspecified atom stereocenters. The number of ether oxygens (including phenoxy) is 1. The fraction of sp³-hybridized carbons (Fsp3) is 0.333. The fourth-order valence-corrected chi connectivity index (χ4v) is 3.30. The highest BCUT2D eigenvalue weighted by atomic mass is 35.5. The molecule has 7 nitrogen and oxygen atoms in total. The Hall–Kier alpha value is -2.93. The van der Waals surface area contributed by atoms with Crippen molar-refractivity contribution in [3.8, 4) is 0 Å². The molecule has 3 aromatic rings. The Labute approximate surface area is 174 Å². The monoisotopic (exact) mass is 415 g/mol. The molecule has 0 aliphatic rings. The summed E-state index contributed by atoms with van der Waals surface area (Å²) < 4.78 is 5.17. The Morgan fingerprint density at radius 3 is 2.69 bits per heavy atom. The van der Waals surface area contributed by atoms with Gasteiger partial charge in [0, 0.05) is 46.1 Å². The molecule has 5 N–H and O–H groups in total. The van der Waals surface area contributed by atoms with E-state index in [1.54, 1.807) is 20.8 Å². The van der Waals surface area contributed by atoms with Crippen molar-refractivity contribution in [2.45, 2.75) is 32.8 Å². The van der Waals surface area contributed by atoms with Gasteiger partial charge in [0.05, 0.1) is 0 Å². The second-order valence-electron chi connectivity index (χ2n) is 7.77. The highest BCUT2D eigenvalue weighted by molar-refractivity contribution is 6.31. The summed E-state index contributed by atoms with van der Waals surface area (Å²) in [5.41, 5.74) is 9.36. The van der Waals surface area contributed by atoms with Gasteiger partial charge >= 0.3 is 6.09 Å². The SMILES string of the molecule is CNc1cc(CCN=C(N)NC(=O)OC(C)(C)C)c2[nH]c3ccc(Cl)cc3c2c1. The lowest BCUT2D eigenvalue weighted by Gasteiger charge is -2.19. The van der Waals surface area contributed by atoms with E-state index in [-0.39, 0.29) is 5.96 Å². The number of carbonyl (C=O) groups excluding carboxylic acids is 1. The molecule has 0 saturated heterocycles. The molecule has 2 aromatic carbocycles. The van der Waals surface area contributed by atoms with E-state index in [1.807, 2.05) is 25.2 Å². The summed E-state index contributed by atoms with van der Waals surface area (Å²) >= 11 is 6.18. The van der Waals surface area contributed by atoms with Crippen molar-refractivity contribution >= 4 is 51.1 Å². The van der Waals surface area contributed by atoms with Crippen LogP contribution in [0, 0.1) is 0 Å². The van der Waals surface area contributed by atoms with Gasteiger partial charge in [0.15, 0.2) is 5.96 Å². The van der Waals surface area contributed by atoms with Crippen molar-refractivity contribution in [2.24, 2.45) is 10.7 Å². The first-order chi connectivity index (χ1) is 13.7. The lowest BCUT2D eigenvalue weighted by atomic mass is 10.1. The normalized spacial score (nSPS) is 12.4. The summed E-state index contributed by atoms with van der Waals surface area (Å²) in [6, 6.07) is 9.97. The zero-order valence-corrected chi connectivity index (χ0v) is 17.8. The van der Waals surface area contributed by atoms with Crippen LogP contribution in [0.3, 0.4) is 0 Å². The highest BCUT2D eigenvalue weighted by Crippen LogP contribution is 2.32. The maximum Gasteiger partial charge on any atom is 0.414 e. The zero-order chi connectivity index (χ0) is 21.2. The molecule has 1 aromatic heterocycles. The average Bonchev–Trinajstić information content (AvgIpc) is 2.97. The number of rotatable bonds is 4. The molecule has 0 spiro atoms. The number of nitrogens with two attached hydrogens (primary N) is 1. The first-order valence-electron chi connectivity index (χ1n) is 9.38. The molecular weight excluding hydrogens is 390 g/mol. The third-order valence-corrected chi connectivity index (χ3v) is 4.57. The number of halogens is 1. The summed E-state index contributed by atoms with van der Waals surface area (Å²) in [7, 11) is 1.88. The Kier molecular flexibility index (Phi) is 5.88. The van der Waals surface area contributed by atoms with Gasteiger partial charge in [-0.05, 0) is 63.1 Å². The molecule has 29 heavy (non-hydrogen) atoms. The van der Waals surface area contributed by atoms with E-state index < -0.39 is 11.7 Å². The van der Waals surface area contributed by atoms with Gasteiger partial charge in [-0.3, -0.25) is 10.3 Å². The Morgan fingerprint density at radius 2 is 2.00 bits per heavy atom. The Morgan fingerprint density at radius 1 is 1.24 bits per heavy atom. The van der Waals surface area contributed by atoms with Crippen molar-refractivity contribution in [3.63, 3.8) is 0 Å². The first-order valence-corrected chi connectivity index (χ1v) is 9.75. The van der Waals surface area contributed by atoms with Crippen LogP contribution in [0.5, 0.6) is 0 Å². The number of hydrogen-bond donors (Lipinski definition) is 4. The van der Waals surface area contributed by atoms with Crippen molar-refractivity contribution in [2.75, 3.05) is 18.9 Å². The first kappa shape index (κ1) is 20.8. The van der Waals surface area contributed by atoms with Crippen LogP contribution >= 0.6 is 11.6 Å². The van der Waals surface area contributed by atoms with E-state index >= 15 is 0 Å². The standard InChI is InChI=1S/C21H26ClN5O2/c1-21(2,3)29-20(28)27-19(23)25-8-7-12-9-14(24-4)11-16-15-10-13(22)5-6-17(15)26-18(12)16/h5-6,9-11,24,26H,7-8H2,1-4H3,(H3,23,25,27,28). The smallest absolute Gasteiger partial charge is 0.414 e. The number of nitrogens with zero attached hydrogens (tertiary/aromatic N) is 1. The van der Waals surface area contributed by atoms with Crippen LogP contribution in [-0.4, -0.2) is 36.2 Å². The van der Waals surface area contributed by atoms with Gasteiger partial charge in [0.1, 0.15) is 5.60 Å². The number of nitrogens with one attached hydrogen (secondary N) is 3. The van der Waals surface area contributed by atoms with E-state index in [4.69, 9.17) is 22.1 Å². The molecule has 1 amide bonds. The van der Waals surface area contributed by atoms with Crippen LogP contribution < -0.4 is 16.4 Å². The van der Waals surface area contributed by atoms with E-state index in [1.165, 1.54) is 0 Å². The molecule has 8 heteroatoms. The van der Waals surface area contributed by atoms with Crippen LogP contribution in [0.25, 0.3) is 21.8 Å². The van der Waals surface area contributed by atoms with E-state index in [0.29, 0.717) is 18.0 Å². The largest absolute Gasteiger partial charge is 0.444 e. The van der Waals surface area contributed by atoms with Crippen LogP contribution in [0.2, 0.25) is 5.02 Å². The number of carbonyl (C=O) groups is 1. The van der Waals surface area contributed by atoms with Gasteiger partial charge in [-0.15, -0.1) is 0 Å². The lowest BCUT2D eigenvalue weighted by molar-refractivity contribution is 0.0562. The molecule has 3 rings (SSSR count). The number of benzene rings is 2. The van der Waals surface area contributed by atoms with Gasteiger partial charge in [-0.1, -0.05) is 11.6 Å². The molecule has 0 saturated carbocycles. The molecule has 0 aliphatic carbocycles. The minimum absolute atomic E-state index is 0.0312. The summed E-state index contributed by atoms with van der Waals surface area (Å²) in [4.78, 5) is 19.5. The van der Waals surface area contributed by atoms with Crippen LogP contribution in [0.4, 0.5) is 10.5 Å². The lowest BCUT2D eigenvalue weighted by Crippen LogP contribution is -2.40. The number of fused-ring (bicyclic) bond motifs is 3. The third kappa shape index (κ3) is 5.12. The molecule has 1 heterocycles. The summed E-state index contributed by atoms with van der Waals surface area (Å²) in [6.45, 7) is 5.77. The number of anilines is 1. The van der Waals surface area contributed by atoms with Gasteiger partial charge in [-0.2, -0.15) is 0 Å². The fourth-order valence-electron chi connectivity index (χ4n) is 3.13. The van der Waals surface area contributed by atoms with Crippen molar-refractivity contribution < 1.29 is 9.53 Å². The molecule has 0 atom stereocenters. The topological polar surface area (TPSA) is 105 Å². The maximum absolute atomic E-state index is 11.8.